The first-order chi connectivity index (χ1) is 11.9. The molecular weight excluding hydrogens is 314 g/mol. The number of fused-ring (bicyclic) bond motifs is 1. The fraction of sp³-hybridized carbons (Fsp3) is 0.650. The first-order valence-electron chi connectivity index (χ1n) is 9.19. The summed E-state index contributed by atoms with van der Waals surface area (Å²) in [7, 11) is 3.90. The smallest absolute Gasteiger partial charge is 0.193 e. The van der Waals surface area contributed by atoms with E-state index >= 15 is 0 Å². The van der Waals surface area contributed by atoms with Crippen molar-refractivity contribution >= 4 is 5.96 Å². The number of likely N-dealkylation sites (N-methyl/N-ethyl adjacent to an activating group) is 1. The second-order valence-corrected chi connectivity index (χ2v) is 7.77. The van der Waals surface area contributed by atoms with Crippen LogP contribution in [0.25, 0.3) is 0 Å². The Morgan fingerprint density at radius 1 is 1.40 bits per heavy atom. The van der Waals surface area contributed by atoms with Crippen molar-refractivity contribution in [3.63, 3.8) is 0 Å². The summed E-state index contributed by atoms with van der Waals surface area (Å²) in [5.41, 5.74) is 1.31. The number of hydrogen-bond acceptors (Lipinski definition) is 3. The molecule has 138 valence electrons. The van der Waals surface area contributed by atoms with Crippen LogP contribution in [-0.2, 0) is 4.74 Å². The van der Waals surface area contributed by atoms with E-state index in [0.29, 0.717) is 24.7 Å². The largest absolute Gasteiger partial charge is 0.491 e. The molecule has 5 heteroatoms. The van der Waals surface area contributed by atoms with E-state index in [0.717, 1.165) is 36.8 Å². The zero-order valence-corrected chi connectivity index (χ0v) is 16.1. The Morgan fingerprint density at radius 2 is 2.16 bits per heavy atom. The van der Waals surface area contributed by atoms with Gasteiger partial charge in [0.2, 0.25) is 0 Å². The predicted molar refractivity (Wildman–Crippen MR) is 101 cm³/mol. The van der Waals surface area contributed by atoms with E-state index in [9.17, 15) is 0 Å². The highest BCUT2D eigenvalue weighted by molar-refractivity contribution is 5.80. The van der Waals surface area contributed by atoms with Crippen LogP contribution in [0.3, 0.4) is 0 Å². The van der Waals surface area contributed by atoms with E-state index < -0.39 is 0 Å². The molecule has 2 fully saturated rings. The van der Waals surface area contributed by atoms with E-state index in [2.05, 4.69) is 49.1 Å². The highest BCUT2D eigenvalue weighted by Crippen LogP contribution is 2.52. The first-order valence-corrected chi connectivity index (χ1v) is 9.19. The van der Waals surface area contributed by atoms with Crippen molar-refractivity contribution in [3.8, 4) is 5.75 Å². The van der Waals surface area contributed by atoms with Gasteiger partial charge >= 0.3 is 0 Å². The Balaban J connectivity index is 1.52. The Kier molecular flexibility index (Phi) is 5.23. The molecular formula is C20H31N3O2. The SMILES string of the molecule is CN=C(NC1C2CCOC2C1(C)C)N(C)CCOc1ccccc1C. The van der Waals surface area contributed by atoms with Crippen molar-refractivity contribution < 1.29 is 9.47 Å². The average molecular weight is 345 g/mol. The third kappa shape index (κ3) is 3.47. The highest BCUT2D eigenvalue weighted by atomic mass is 16.5. The maximum atomic E-state index is 5.91. The topological polar surface area (TPSA) is 46.1 Å². The molecule has 0 aromatic heterocycles. The van der Waals surface area contributed by atoms with E-state index in [-0.39, 0.29) is 5.41 Å². The number of para-hydroxylation sites is 1. The van der Waals surface area contributed by atoms with Crippen molar-refractivity contribution in [1.29, 1.82) is 0 Å². The molecule has 0 amide bonds. The van der Waals surface area contributed by atoms with Gasteiger partial charge in [-0.25, -0.2) is 0 Å². The molecule has 1 aliphatic heterocycles. The van der Waals surface area contributed by atoms with Crippen LogP contribution < -0.4 is 10.1 Å². The maximum Gasteiger partial charge on any atom is 0.193 e. The van der Waals surface area contributed by atoms with Gasteiger partial charge < -0.3 is 19.7 Å². The molecule has 0 bridgehead atoms. The molecule has 1 heterocycles. The van der Waals surface area contributed by atoms with Gasteiger partial charge in [-0.1, -0.05) is 32.0 Å². The molecule has 1 aromatic rings. The lowest BCUT2D eigenvalue weighted by Crippen LogP contribution is -2.68. The summed E-state index contributed by atoms with van der Waals surface area (Å²) in [6, 6.07) is 8.53. The van der Waals surface area contributed by atoms with E-state index in [4.69, 9.17) is 9.47 Å². The minimum atomic E-state index is 0.148. The van der Waals surface area contributed by atoms with Gasteiger partial charge in [-0.05, 0) is 25.0 Å². The van der Waals surface area contributed by atoms with Crippen LogP contribution in [-0.4, -0.2) is 56.9 Å². The summed E-state index contributed by atoms with van der Waals surface area (Å²) in [5, 5.41) is 3.67. The van der Waals surface area contributed by atoms with Crippen molar-refractivity contribution in [3.05, 3.63) is 29.8 Å². The van der Waals surface area contributed by atoms with Gasteiger partial charge in [0.25, 0.3) is 0 Å². The van der Waals surface area contributed by atoms with Crippen LogP contribution in [0.4, 0.5) is 0 Å². The molecule has 1 aliphatic carbocycles. The zero-order chi connectivity index (χ0) is 18.0. The molecule has 25 heavy (non-hydrogen) atoms. The second kappa shape index (κ2) is 7.24. The summed E-state index contributed by atoms with van der Waals surface area (Å²) in [6.45, 7) is 8.93. The van der Waals surface area contributed by atoms with Gasteiger partial charge in [-0.3, -0.25) is 4.99 Å². The molecule has 0 radical (unpaired) electrons. The fourth-order valence-corrected chi connectivity index (χ4v) is 4.22. The van der Waals surface area contributed by atoms with Gasteiger partial charge in [0, 0.05) is 38.1 Å². The molecule has 3 rings (SSSR count). The third-order valence-corrected chi connectivity index (χ3v) is 5.74. The number of hydrogen-bond donors (Lipinski definition) is 1. The Labute approximate surface area is 151 Å². The summed E-state index contributed by atoms with van der Waals surface area (Å²) in [4.78, 5) is 6.60. The summed E-state index contributed by atoms with van der Waals surface area (Å²) < 4.78 is 11.8. The van der Waals surface area contributed by atoms with Crippen LogP contribution >= 0.6 is 0 Å². The monoisotopic (exact) mass is 345 g/mol. The lowest BCUT2D eigenvalue weighted by atomic mass is 9.57. The number of aryl methyl sites for hydroxylation is 1. The van der Waals surface area contributed by atoms with E-state index in [1.54, 1.807) is 0 Å². The Hall–Kier alpha value is -1.75. The normalized spacial score (nSPS) is 27.4. The van der Waals surface area contributed by atoms with Crippen LogP contribution in [0.2, 0.25) is 0 Å². The number of aliphatic imine (C=N–C) groups is 1. The van der Waals surface area contributed by atoms with E-state index in [1.165, 1.54) is 0 Å². The molecule has 1 saturated carbocycles. The van der Waals surface area contributed by atoms with Gasteiger partial charge in [0.15, 0.2) is 5.96 Å². The van der Waals surface area contributed by atoms with Crippen LogP contribution in [0.1, 0.15) is 25.8 Å². The number of nitrogens with one attached hydrogen (secondary N) is 1. The fourth-order valence-electron chi connectivity index (χ4n) is 4.22. The lowest BCUT2D eigenvalue weighted by molar-refractivity contribution is -0.107. The Morgan fingerprint density at radius 3 is 2.88 bits per heavy atom. The Bertz CT molecular complexity index is 629. The number of guanidine groups is 1. The zero-order valence-electron chi connectivity index (χ0n) is 16.1. The molecule has 2 aliphatic rings. The molecule has 1 saturated heterocycles. The molecule has 0 spiro atoms. The van der Waals surface area contributed by atoms with Gasteiger partial charge in [0.05, 0.1) is 12.6 Å². The molecule has 1 N–H and O–H groups in total. The minimum Gasteiger partial charge on any atom is -0.491 e. The standard InChI is InChI=1S/C20H31N3O2/c1-14-8-6-7-9-16(14)24-13-11-23(5)19(21-4)22-17-15-10-12-25-18(15)20(17,2)3/h6-9,15,17-18H,10-13H2,1-5H3,(H,21,22). The summed E-state index contributed by atoms with van der Waals surface area (Å²) in [6.07, 6.45) is 1.53. The van der Waals surface area contributed by atoms with Crippen molar-refractivity contribution in [2.45, 2.75) is 39.3 Å². The lowest BCUT2D eigenvalue weighted by Gasteiger charge is -2.55. The van der Waals surface area contributed by atoms with Crippen LogP contribution in [0, 0.1) is 18.3 Å². The number of rotatable bonds is 5. The van der Waals surface area contributed by atoms with Gasteiger partial charge in [-0.15, -0.1) is 0 Å². The first kappa shape index (κ1) is 18.1. The third-order valence-electron chi connectivity index (χ3n) is 5.74. The van der Waals surface area contributed by atoms with Crippen LogP contribution in [0.15, 0.2) is 29.3 Å². The van der Waals surface area contributed by atoms with Crippen molar-refractivity contribution in [2.75, 3.05) is 33.9 Å². The summed E-state index contributed by atoms with van der Waals surface area (Å²) in [5.74, 6) is 2.48. The van der Waals surface area contributed by atoms with E-state index in [1.807, 2.05) is 25.2 Å². The number of ether oxygens (including phenoxy) is 2. The average Bonchev–Trinajstić information content (AvgIpc) is 3.04. The van der Waals surface area contributed by atoms with Crippen LogP contribution in [0.5, 0.6) is 5.75 Å². The van der Waals surface area contributed by atoms with Gasteiger partial charge in [-0.2, -0.15) is 0 Å². The van der Waals surface area contributed by atoms with Crippen molar-refractivity contribution in [2.24, 2.45) is 16.3 Å². The quantitative estimate of drug-likeness (QED) is 0.658. The number of benzene rings is 1. The molecule has 1 aromatic carbocycles. The molecule has 3 unspecified atom stereocenters. The number of nitrogens with zero attached hydrogens (tertiary/aromatic N) is 2. The highest BCUT2D eigenvalue weighted by Gasteiger charge is 2.59. The molecule has 3 atom stereocenters. The van der Waals surface area contributed by atoms with Crippen molar-refractivity contribution in [1.82, 2.24) is 10.2 Å². The minimum absolute atomic E-state index is 0.148. The summed E-state index contributed by atoms with van der Waals surface area (Å²) >= 11 is 0. The second-order valence-electron chi connectivity index (χ2n) is 7.77. The van der Waals surface area contributed by atoms with Gasteiger partial charge in [0.1, 0.15) is 12.4 Å². The predicted octanol–water partition coefficient (Wildman–Crippen LogP) is 2.69. The maximum absolute atomic E-state index is 5.91. The molecule has 5 nitrogen and oxygen atoms in total.